The summed E-state index contributed by atoms with van der Waals surface area (Å²) in [7, 11) is 0. The molecule has 4 rings (SSSR count). The summed E-state index contributed by atoms with van der Waals surface area (Å²) >= 11 is 0. The van der Waals surface area contributed by atoms with Gasteiger partial charge in [-0.15, -0.1) is 0 Å². The highest BCUT2D eigenvalue weighted by molar-refractivity contribution is 5.24. The molecule has 0 aromatic heterocycles. The Morgan fingerprint density at radius 3 is 2.15 bits per heavy atom. The van der Waals surface area contributed by atoms with Crippen LogP contribution in [0.2, 0.25) is 0 Å². The maximum atomic E-state index is 11.7. The molecule has 4 fully saturated rings. The normalized spacial score (nSPS) is 51.4. The maximum absolute atomic E-state index is 11.7. The van der Waals surface area contributed by atoms with Crippen molar-refractivity contribution in [2.45, 2.75) is 119 Å². The molecule has 10 atom stereocenters. The van der Waals surface area contributed by atoms with Crippen molar-refractivity contribution in [3.63, 3.8) is 0 Å². The summed E-state index contributed by atoms with van der Waals surface area (Å²) in [6.45, 7) is 18.1. The third kappa shape index (κ3) is 3.54. The Morgan fingerprint density at radius 2 is 1.52 bits per heavy atom. The lowest BCUT2D eigenvalue weighted by molar-refractivity contribution is -0.270. The topological polar surface area (TPSA) is 60.7 Å². The molecule has 0 amide bonds. The Labute approximate surface area is 202 Å². The van der Waals surface area contributed by atoms with Gasteiger partial charge < -0.3 is 15.3 Å². The average molecular weight is 459 g/mol. The van der Waals surface area contributed by atoms with Gasteiger partial charge in [-0.1, -0.05) is 57.9 Å². The average Bonchev–Trinajstić information content (AvgIpc) is 3.07. The Balaban J connectivity index is 1.71. The van der Waals surface area contributed by atoms with Crippen molar-refractivity contribution in [3.8, 4) is 0 Å². The van der Waals surface area contributed by atoms with E-state index in [0.29, 0.717) is 11.8 Å². The molecule has 0 aliphatic heterocycles. The predicted molar refractivity (Wildman–Crippen MR) is 136 cm³/mol. The van der Waals surface area contributed by atoms with Crippen molar-refractivity contribution in [2.24, 2.45) is 45.3 Å². The Bertz CT molecular complexity index is 822. The van der Waals surface area contributed by atoms with Crippen LogP contribution >= 0.6 is 0 Å². The van der Waals surface area contributed by atoms with Crippen molar-refractivity contribution in [1.29, 1.82) is 0 Å². The van der Waals surface area contributed by atoms with E-state index in [2.05, 4.69) is 67.5 Å². The smallest absolute Gasteiger partial charge is 0.0595 e. The number of aliphatic hydroxyl groups excluding tert-OH is 3. The van der Waals surface area contributed by atoms with Gasteiger partial charge in [0, 0.05) is 0 Å². The van der Waals surface area contributed by atoms with E-state index in [9.17, 15) is 15.3 Å². The van der Waals surface area contributed by atoms with E-state index in [0.717, 1.165) is 44.9 Å². The van der Waals surface area contributed by atoms with Gasteiger partial charge in [0.25, 0.3) is 0 Å². The first-order valence-electron chi connectivity index (χ1n) is 13.5. The number of aliphatic hydroxyl groups is 3. The summed E-state index contributed by atoms with van der Waals surface area (Å²) in [5, 5.41) is 34.3. The lowest BCUT2D eigenvalue weighted by Gasteiger charge is -2.71. The Hall–Kier alpha value is -0.640. The quantitative estimate of drug-likeness (QED) is 0.436. The van der Waals surface area contributed by atoms with Gasteiger partial charge in [0.1, 0.15) is 0 Å². The highest BCUT2D eigenvalue weighted by atomic mass is 16.3. The fraction of sp³-hybridized carbons (Fsp3) is 0.867. The predicted octanol–water partition coefficient (Wildman–Crippen LogP) is 6.28. The van der Waals surface area contributed by atoms with Gasteiger partial charge in [0.15, 0.2) is 0 Å². The van der Waals surface area contributed by atoms with Crippen LogP contribution in [-0.2, 0) is 0 Å². The summed E-state index contributed by atoms with van der Waals surface area (Å²) in [5.74, 6) is 1.13. The molecule has 4 saturated carbocycles. The van der Waals surface area contributed by atoms with E-state index >= 15 is 0 Å². The van der Waals surface area contributed by atoms with Crippen LogP contribution in [0.4, 0.5) is 0 Å². The molecular formula is C30H50O3. The molecule has 0 bridgehead atoms. The van der Waals surface area contributed by atoms with Crippen LogP contribution in [0.3, 0.4) is 0 Å². The third-order valence-electron chi connectivity index (χ3n) is 11.8. The molecule has 0 spiro atoms. The van der Waals surface area contributed by atoms with Crippen molar-refractivity contribution in [2.75, 3.05) is 0 Å². The van der Waals surface area contributed by atoms with Gasteiger partial charge in [-0.05, 0) is 111 Å². The molecule has 5 unspecified atom stereocenters. The molecule has 3 heteroatoms. The maximum Gasteiger partial charge on any atom is 0.0595 e. The second kappa shape index (κ2) is 8.20. The number of rotatable bonds is 3. The first kappa shape index (κ1) is 25.5. The summed E-state index contributed by atoms with van der Waals surface area (Å²) < 4.78 is 0. The summed E-state index contributed by atoms with van der Waals surface area (Å²) in [6.07, 6.45) is 10.2. The summed E-state index contributed by atoms with van der Waals surface area (Å²) in [4.78, 5) is 0. The van der Waals surface area contributed by atoms with Gasteiger partial charge in [0.05, 0.1) is 18.3 Å². The first-order valence-corrected chi connectivity index (χ1v) is 13.5. The number of hydrogen-bond donors (Lipinski definition) is 3. The largest absolute Gasteiger partial charge is 0.393 e. The van der Waals surface area contributed by atoms with Crippen LogP contribution in [0.1, 0.15) is 100 Å². The van der Waals surface area contributed by atoms with Gasteiger partial charge in [0.2, 0.25) is 0 Å². The van der Waals surface area contributed by atoms with Crippen molar-refractivity contribution >= 4 is 0 Å². The second-order valence-electron chi connectivity index (χ2n) is 14.0. The minimum Gasteiger partial charge on any atom is -0.393 e. The molecule has 0 aromatic rings. The van der Waals surface area contributed by atoms with Crippen molar-refractivity contribution < 1.29 is 15.3 Å². The van der Waals surface area contributed by atoms with Crippen LogP contribution in [-0.4, -0.2) is 33.6 Å². The van der Waals surface area contributed by atoms with E-state index in [1.165, 1.54) is 11.1 Å². The highest BCUT2D eigenvalue weighted by Crippen LogP contribution is 2.75. The number of fused-ring (bicyclic) bond motifs is 5. The monoisotopic (exact) mass is 458 g/mol. The zero-order valence-electron chi connectivity index (χ0n) is 22.5. The third-order valence-corrected chi connectivity index (χ3v) is 11.8. The van der Waals surface area contributed by atoms with Gasteiger partial charge in [-0.2, -0.15) is 0 Å². The van der Waals surface area contributed by atoms with Gasteiger partial charge in [-0.25, -0.2) is 0 Å². The molecule has 3 nitrogen and oxygen atoms in total. The lowest BCUT2D eigenvalue weighted by Crippen LogP contribution is -2.69. The molecule has 0 radical (unpaired) electrons. The van der Waals surface area contributed by atoms with E-state index < -0.39 is 6.10 Å². The molecule has 3 N–H and O–H groups in total. The van der Waals surface area contributed by atoms with E-state index in [1.54, 1.807) is 0 Å². The number of allylic oxidation sites excluding steroid dienone is 4. The molecule has 188 valence electrons. The molecule has 0 heterocycles. The first-order chi connectivity index (χ1) is 15.2. The minimum absolute atomic E-state index is 0.00508. The fourth-order valence-electron chi connectivity index (χ4n) is 10.1. The number of hydrogen-bond acceptors (Lipinski definition) is 3. The zero-order valence-corrected chi connectivity index (χ0v) is 22.5. The Kier molecular flexibility index (Phi) is 6.33. The van der Waals surface area contributed by atoms with Gasteiger partial charge >= 0.3 is 0 Å². The van der Waals surface area contributed by atoms with Gasteiger partial charge in [-0.3, -0.25) is 0 Å². The van der Waals surface area contributed by atoms with Crippen molar-refractivity contribution in [3.05, 3.63) is 23.3 Å². The van der Waals surface area contributed by atoms with Crippen LogP contribution < -0.4 is 0 Å². The SMILES string of the molecule is CC(C)=CC/C=C(\C)C1CC[C@]2(C)C1[C@H](O)CC1[C@@]3(C)CCC(O)C(C)(C)C3[C@H](O)C[C@]12C. The van der Waals surface area contributed by atoms with Crippen LogP contribution in [0.5, 0.6) is 0 Å². The molecule has 4 aliphatic rings. The second-order valence-corrected chi connectivity index (χ2v) is 14.0. The Morgan fingerprint density at radius 1 is 0.848 bits per heavy atom. The van der Waals surface area contributed by atoms with E-state index in [-0.39, 0.29) is 45.7 Å². The van der Waals surface area contributed by atoms with E-state index in [1.807, 2.05) is 0 Å². The van der Waals surface area contributed by atoms with Crippen molar-refractivity contribution in [1.82, 2.24) is 0 Å². The summed E-state index contributed by atoms with van der Waals surface area (Å²) in [6, 6.07) is 0. The minimum atomic E-state index is -0.401. The highest BCUT2D eigenvalue weighted by Gasteiger charge is 2.72. The fourth-order valence-corrected chi connectivity index (χ4v) is 10.1. The molecule has 4 aliphatic carbocycles. The van der Waals surface area contributed by atoms with Crippen LogP contribution in [0.15, 0.2) is 23.3 Å². The summed E-state index contributed by atoms with van der Waals surface area (Å²) in [5.41, 5.74) is 2.43. The molecule has 0 saturated heterocycles. The lowest BCUT2D eigenvalue weighted by atomic mass is 9.34. The van der Waals surface area contributed by atoms with E-state index in [4.69, 9.17) is 0 Å². The molecule has 33 heavy (non-hydrogen) atoms. The van der Waals surface area contributed by atoms with Crippen LogP contribution in [0, 0.1) is 45.3 Å². The zero-order chi connectivity index (χ0) is 24.6. The molecule has 0 aromatic carbocycles. The standard InChI is InChI=1S/C30H50O3/c1-18(2)10-9-11-19(3)20-12-15-29(7)25(20)21(31)16-23-28(6)14-13-24(33)27(4,5)26(28)22(32)17-30(23,29)8/h10-11,20-26,31-33H,9,12-17H2,1-8H3/b19-11+/t20?,21-,22-,23?,24?,25?,26?,28-,29-,30-/m1/s1. The molecular weight excluding hydrogens is 408 g/mol. The van der Waals surface area contributed by atoms with Crippen LogP contribution in [0.25, 0.3) is 0 Å².